The molecule has 0 unspecified atom stereocenters. The van der Waals surface area contributed by atoms with E-state index >= 15 is 0 Å². The van der Waals surface area contributed by atoms with Crippen molar-refractivity contribution in [2.75, 3.05) is 6.61 Å². The number of aliphatic hydroxyl groups excluding tert-OH is 4. The summed E-state index contributed by atoms with van der Waals surface area (Å²) in [6.45, 7) is -1.45. The fraction of sp³-hybridized carbons (Fsp3) is 0.259. The Morgan fingerprint density at radius 3 is 1.91 bits per heavy atom. The van der Waals surface area contributed by atoms with Gasteiger partial charge in [0.05, 0.1) is 6.61 Å². The van der Waals surface area contributed by atoms with Crippen LogP contribution in [0.3, 0.4) is 0 Å². The van der Waals surface area contributed by atoms with E-state index in [1.54, 1.807) is 0 Å². The van der Waals surface area contributed by atoms with E-state index in [9.17, 15) is 70.9 Å². The van der Waals surface area contributed by atoms with Gasteiger partial charge in [-0.1, -0.05) is 0 Å². The molecule has 0 radical (unpaired) electrons. The lowest BCUT2D eigenvalue weighted by molar-refractivity contribution is -0.277. The standard InChI is InChI=1S/C27H26O18/c28-6-17-19(35)20(36)22(38)27(44-17)45-24-14(32)1-8(2-15(24)33)7-42-26(41)9-3-11(29)12(30)5-16(9)43-23-10(25(39)40)4-13(31)18(34)21(23)37/h1-5,17,19-20,22,27-38H,6-7H2,(H,39,40)/t17-,19-,20+,22-,27+/m1/s1. The van der Waals surface area contributed by atoms with E-state index in [4.69, 9.17) is 18.9 Å². The number of aromatic carboxylic acids is 1. The second-order valence-corrected chi connectivity index (χ2v) is 9.57. The molecule has 1 heterocycles. The quantitative estimate of drug-likeness (QED) is 0.105. The number of carboxylic acid groups (broad SMARTS) is 1. The van der Waals surface area contributed by atoms with Crippen LogP contribution in [0.15, 0.2) is 30.3 Å². The zero-order valence-electron chi connectivity index (χ0n) is 22.5. The lowest BCUT2D eigenvalue weighted by Crippen LogP contribution is -2.60. The van der Waals surface area contributed by atoms with Crippen LogP contribution in [0.25, 0.3) is 0 Å². The van der Waals surface area contributed by atoms with Gasteiger partial charge in [-0.25, -0.2) is 9.59 Å². The number of aromatic hydroxyl groups is 7. The smallest absolute Gasteiger partial charge is 0.342 e. The Kier molecular flexibility index (Phi) is 9.16. The van der Waals surface area contributed by atoms with Gasteiger partial charge in [0.25, 0.3) is 0 Å². The van der Waals surface area contributed by atoms with E-state index in [1.165, 1.54) is 0 Å². The summed E-state index contributed by atoms with van der Waals surface area (Å²) < 4.78 is 20.8. The molecule has 4 rings (SSSR count). The van der Waals surface area contributed by atoms with Crippen molar-refractivity contribution >= 4 is 11.9 Å². The van der Waals surface area contributed by atoms with Crippen molar-refractivity contribution in [3.05, 3.63) is 47.0 Å². The lowest BCUT2D eigenvalue weighted by atomic mass is 9.99. The number of carbonyl (C=O) groups is 2. The number of rotatable bonds is 9. The van der Waals surface area contributed by atoms with Gasteiger partial charge in [0.15, 0.2) is 34.5 Å². The number of aliphatic hydroxyl groups is 4. The van der Waals surface area contributed by atoms with Crippen LogP contribution in [-0.2, 0) is 16.1 Å². The molecule has 3 aromatic carbocycles. The molecular weight excluding hydrogens is 612 g/mol. The van der Waals surface area contributed by atoms with Crippen LogP contribution in [0.4, 0.5) is 0 Å². The van der Waals surface area contributed by atoms with Crippen molar-refractivity contribution in [3.8, 4) is 57.5 Å². The highest BCUT2D eigenvalue weighted by Gasteiger charge is 2.45. The van der Waals surface area contributed by atoms with Crippen LogP contribution in [0.1, 0.15) is 26.3 Å². The number of carboxylic acids is 1. The molecule has 0 amide bonds. The maximum Gasteiger partial charge on any atom is 0.342 e. The molecule has 1 aliphatic rings. The van der Waals surface area contributed by atoms with Gasteiger partial charge >= 0.3 is 11.9 Å². The average Bonchev–Trinajstić information content (AvgIpc) is 2.99. The number of ether oxygens (including phenoxy) is 4. The molecule has 242 valence electrons. The summed E-state index contributed by atoms with van der Waals surface area (Å²) in [7, 11) is 0. The first-order valence-corrected chi connectivity index (χ1v) is 12.6. The minimum Gasteiger partial charge on any atom is -0.504 e. The molecule has 18 heteroatoms. The fourth-order valence-corrected chi connectivity index (χ4v) is 4.17. The topological polar surface area (TPSA) is 314 Å². The number of phenols is 7. The zero-order valence-corrected chi connectivity index (χ0v) is 22.5. The summed E-state index contributed by atoms with van der Waals surface area (Å²) in [5, 5.41) is 119. The predicted octanol–water partition coefficient (Wildman–Crippen LogP) is -0.348. The van der Waals surface area contributed by atoms with Gasteiger partial charge in [0.1, 0.15) is 47.9 Å². The summed E-state index contributed by atoms with van der Waals surface area (Å²) in [5.74, 6) is -12.0. The van der Waals surface area contributed by atoms with E-state index in [0.29, 0.717) is 18.2 Å². The van der Waals surface area contributed by atoms with Crippen LogP contribution >= 0.6 is 0 Å². The minimum atomic E-state index is -1.86. The van der Waals surface area contributed by atoms with Gasteiger partial charge in [-0.15, -0.1) is 0 Å². The molecule has 12 N–H and O–H groups in total. The second-order valence-electron chi connectivity index (χ2n) is 9.57. The van der Waals surface area contributed by atoms with E-state index in [2.05, 4.69) is 0 Å². The molecular formula is C27H26O18. The number of benzene rings is 3. The van der Waals surface area contributed by atoms with Gasteiger partial charge in [-0.2, -0.15) is 0 Å². The number of esters is 1. The van der Waals surface area contributed by atoms with Crippen molar-refractivity contribution in [1.29, 1.82) is 0 Å². The highest BCUT2D eigenvalue weighted by atomic mass is 16.7. The Morgan fingerprint density at radius 2 is 1.31 bits per heavy atom. The second kappa shape index (κ2) is 12.7. The average molecular weight is 638 g/mol. The molecule has 0 aromatic heterocycles. The first-order valence-electron chi connectivity index (χ1n) is 12.6. The molecule has 0 bridgehead atoms. The molecule has 1 saturated heterocycles. The Morgan fingerprint density at radius 1 is 0.711 bits per heavy atom. The van der Waals surface area contributed by atoms with Crippen LogP contribution < -0.4 is 9.47 Å². The summed E-state index contributed by atoms with van der Waals surface area (Å²) in [5.41, 5.74) is -1.59. The Hall–Kier alpha value is -5.40. The van der Waals surface area contributed by atoms with E-state index < -0.39 is 124 Å². The maximum absolute atomic E-state index is 12.9. The number of phenolic OH excluding ortho intramolecular Hbond substituents is 7. The van der Waals surface area contributed by atoms with Crippen LogP contribution in [-0.4, -0.2) is 111 Å². The summed E-state index contributed by atoms with van der Waals surface area (Å²) in [6.07, 6.45) is -8.46. The third-order valence-corrected chi connectivity index (χ3v) is 6.51. The molecule has 0 saturated carbocycles. The van der Waals surface area contributed by atoms with Crippen molar-refractivity contribution in [3.63, 3.8) is 0 Å². The maximum atomic E-state index is 12.9. The van der Waals surface area contributed by atoms with Crippen molar-refractivity contribution < 1.29 is 89.8 Å². The van der Waals surface area contributed by atoms with E-state index in [1.807, 2.05) is 0 Å². The predicted molar refractivity (Wildman–Crippen MR) is 142 cm³/mol. The molecule has 1 fully saturated rings. The van der Waals surface area contributed by atoms with Gasteiger partial charge in [0.2, 0.25) is 23.5 Å². The van der Waals surface area contributed by atoms with Crippen LogP contribution in [0.5, 0.6) is 57.5 Å². The highest BCUT2D eigenvalue weighted by Crippen LogP contribution is 2.48. The normalized spacial score (nSPS) is 21.2. The first-order chi connectivity index (χ1) is 21.1. The monoisotopic (exact) mass is 638 g/mol. The Labute approximate surface area is 250 Å². The third kappa shape index (κ3) is 6.44. The Balaban J connectivity index is 1.56. The van der Waals surface area contributed by atoms with Gasteiger partial charge < -0.3 is 80.2 Å². The summed E-state index contributed by atoms with van der Waals surface area (Å²) in [4.78, 5) is 24.6. The van der Waals surface area contributed by atoms with Gasteiger partial charge in [0, 0.05) is 18.2 Å². The molecule has 0 aliphatic carbocycles. The zero-order chi connectivity index (χ0) is 33.3. The molecule has 18 nitrogen and oxygen atoms in total. The van der Waals surface area contributed by atoms with Crippen molar-refractivity contribution in [2.45, 2.75) is 37.3 Å². The van der Waals surface area contributed by atoms with Gasteiger partial charge in [-0.3, -0.25) is 0 Å². The summed E-state index contributed by atoms with van der Waals surface area (Å²) >= 11 is 0. The molecule has 45 heavy (non-hydrogen) atoms. The number of hydrogen-bond acceptors (Lipinski definition) is 17. The molecule has 5 atom stereocenters. The minimum absolute atomic E-state index is 0.0702. The lowest BCUT2D eigenvalue weighted by Gasteiger charge is -2.39. The van der Waals surface area contributed by atoms with Crippen molar-refractivity contribution in [1.82, 2.24) is 0 Å². The molecule has 3 aromatic rings. The highest BCUT2D eigenvalue weighted by molar-refractivity contribution is 5.96. The SMILES string of the molecule is O=C(OCc1cc(O)c(O[C@@H]2O[C@H](CO)[C@@H](O)[C@H](O)[C@H]2O)c(O)c1)c1cc(O)c(O)cc1Oc1c(C(=O)O)cc(O)c(O)c1O. The van der Waals surface area contributed by atoms with Crippen molar-refractivity contribution in [2.24, 2.45) is 0 Å². The van der Waals surface area contributed by atoms with Crippen LogP contribution in [0, 0.1) is 0 Å². The Bertz CT molecular complexity index is 1590. The molecule has 1 aliphatic heterocycles. The third-order valence-electron chi connectivity index (χ3n) is 6.51. The van der Waals surface area contributed by atoms with Crippen LogP contribution in [0.2, 0.25) is 0 Å². The molecule has 0 spiro atoms. The summed E-state index contributed by atoms with van der Waals surface area (Å²) in [6, 6.07) is 3.76. The number of hydrogen-bond donors (Lipinski definition) is 12. The largest absolute Gasteiger partial charge is 0.504 e. The number of carbonyl (C=O) groups excluding carboxylic acids is 1. The van der Waals surface area contributed by atoms with E-state index in [-0.39, 0.29) is 5.56 Å². The van der Waals surface area contributed by atoms with E-state index in [0.717, 1.165) is 12.1 Å². The first kappa shape index (κ1) is 32.5. The van der Waals surface area contributed by atoms with Gasteiger partial charge in [-0.05, 0) is 17.7 Å². The fourth-order valence-electron chi connectivity index (χ4n) is 4.17.